The van der Waals surface area contributed by atoms with Crippen LogP contribution in [0.3, 0.4) is 0 Å². The van der Waals surface area contributed by atoms with E-state index < -0.39 is 0 Å². The minimum atomic E-state index is -0.311. The van der Waals surface area contributed by atoms with Gasteiger partial charge in [-0.3, -0.25) is 14.7 Å². The maximum absolute atomic E-state index is 11.6. The van der Waals surface area contributed by atoms with Gasteiger partial charge in [0.1, 0.15) is 6.04 Å². The third kappa shape index (κ3) is 3.01. The average Bonchev–Trinajstić information content (AvgIpc) is 2.40. The van der Waals surface area contributed by atoms with Gasteiger partial charge in [0.05, 0.1) is 20.3 Å². The number of hydrogen-bond donors (Lipinski definition) is 0. The van der Waals surface area contributed by atoms with Gasteiger partial charge >= 0.3 is 5.97 Å². The lowest BCUT2D eigenvalue weighted by Gasteiger charge is -2.33. The first-order chi connectivity index (χ1) is 8.31. The minimum absolute atomic E-state index is 0.242. The number of carbonyl (C=O) groups excluding carboxylic acids is 1. The first-order valence-electron chi connectivity index (χ1n) is 5.60. The zero-order valence-corrected chi connectivity index (χ0v) is 9.83. The highest BCUT2D eigenvalue weighted by molar-refractivity contribution is 5.75. The molecule has 1 unspecified atom stereocenters. The summed E-state index contributed by atoms with van der Waals surface area (Å²) in [5.74, 6) is -0.242. The van der Waals surface area contributed by atoms with Gasteiger partial charge in [-0.25, -0.2) is 0 Å². The van der Waals surface area contributed by atoms with Crippen LogP contribution in [0.25, 0.3) is 0 Å². The molecule has 5 nitrogen and oxygen atoms in total. The van der Waals surface area contributed by atoms with E-state index in [2.05, 4.69) is 9.88 Å². The molecule has 2 heterocycles. The molecule has 0 amide bonds. The van der Waals surface area contributed by atoms with Crippen LogP contribution >= 0.6 is 0 Å². The molecule has 2 rings (SSSR count). The van der Waals surface area contributed by atoms with E-state index in [1.165, 1.54) is 7.11 Å². The summed E-state index contributed by atoms with van der Waals surface area (Å²) < 4.78 is 10.1. The van der Waals surface area contributed by atoms with Crippen LogP contribution in [0, 0.1) is 0 Å². The number of methoxy groups -OCH3 is 1. The zero-order valence-electron chi connectivity index (χ0n) is 9.83. The van der Waals surface area contributed by atoms with Gasteiger partial charge in [-0.05, 0) is 11.6 Å². The number of hydrogen-bond acceptors (Lipinski definition) is 5. The topological polar surface area (TPSA) is 51.7 Å². The first kappa shape index (κ1) is 12.0. The summed E-state index contributed by atoms with van der Waals surface area (Å²) in [6, 6.07) is 3.58. The summed E-state index contributed by atoms with van der Waals surface area (Å²) in [5, 5.41) is 0. The van der Waals surface area contributed by atoms with Crippen molar-refractivity contribution in [2.24, 2.45) is 0 Å². The van der Waals surface area contributed by atoms with Crippen LogP contribution in [-0.2, 0) is 20.8 Å². The van der Waals surface area contributed by atoms with Crippen molar-refractivity contribution in [2.45, 2.75) is 12.6 Å². The quantitative estimate of drug-likeness (QED) is 0.713. The lowest BCUT2D eigenvalue weighted by molar-refractivity contribution is -0.153. The molecule has 1 aliphatic heterocycles. The van der Waals surface area contributed by atoms with Gasteiger partial charge in [-0.15, -0.1) is 0 Å². The molecule has 17 heavy (non-hydrogen) atoms. The van der Waals surface area contributed by atoms with Crippen molar-refractivity contribution in [2.75, 3.05) is 26.9 Å². The fraction of sp³-hybridized carbons (Fsp3) is 0.500. The highest BCUT2D eigenvalue weighted by Crippen LogP contribution is 2.12. The number of carbonyl (C=O) groups is 1. The van der Waals surface area contributed by atoms with Gasteiger partial charge < -0.3 is 9.47 Å². The summed E-state index contributed by atoms with van der Waals surface area (Å²) in [5.41, 5.74) is 1.09. The highest BCUT2D eigenvalue weighted by atomic mass is 16.5. The Balaban J connectivity index is 2.04. The Hall–Kier alpha value is -1.46. The van der Waals surface area contributed by atoms with Crippen molar-refractivity contribution < 1.29 is 14.3 Å². The Bertz CT molecular complexity index is 369. The van der Waals surface area contributed by atoms with Gasteiger partial charge in [0.2, 0.25) is 0 Å². The highest BCUT2D eigenvalue weighted by Gasteiger charge is 2.30. The monoisotopic (exact) mass is 236 g/mol. The second-order valence-electron chi connectivity index (χ2n) is 3.95. The Morgan fingerprint density at radius 1 is 1.71 bits per heavy atom. The molecule has 1 atom stereocenters. The summed E-state index contributed by atoms with van der Waals surface area (Å²) in [4.78, 5) is 17.7. The van der Waals surface area contributed by atoms with Crippen LogP contribution in [-0.4, -0.2) is 48.8 Å². The summed E-state index contributed by atoms with van der Waals surface area (Å²) in [7, 11) is 1.40. The smallest absolute Gasteiger partial charge is 0.325 e. The predicted octanol–water partition coefficient (Wildman–Crippen LogP) is 0.455. The van der Waals surface area contributed by atoms with Crippen molar-refractivity contribution in [1.82, 2.24) is 9.88 Å². The zero-order chi connectivity index (χ0) is 12.1. The molecule has 0 aromatic carbocycles. The molecule has 5 heteroatoms. The SMILES string of the molecule is COC(=O)C1COCCN1Cc1cccnc1. The van der Waals surface area contributed by atoms with Crippen LogP contribution < -0.4 is 0 Å². The van der Waals surface area contributed by atoms with Crippen molar-refractivity contribution in [3.8, 4) is 0 Å². The number of rotatable bonds is 3. The Labute approximate surface area is 100 Å². The largest absolute Gasteiger partial charge is 0.468 e. The molecule has 1 aliphatic rings. The van der Waals surface area contributed by atoms with Crippen LogP contribution in [0.2, 0.25) is 0 Å². The fourth-order valence-corrected chi connectivity index (χ4v) is 1.91. The normalized spacial score (nSPS) is 21.1. The van der Waals surface area contributed by atoms with Gasteiger partial charge in [0.15, 0.2) is 0 Å². The molecule has 0 spiro atoms. The number of esters is 1. The maximum atomic E-state index is 11.6. The number of ether oxygens (including phenoxy) is 2. The van der Waals surface area contributed by atoms with Gasteiger partial charge in [0, 0.05) is 25.5 Å². The summed E-state index contributed by atoms with van der Waals surface area (Å²) in [6.07, 6.45) is 3.55. The van der Waals surface area contributed by atoms with Gasteiger partial charge in [-0.1, -0.05) is 6.07 Å². The van der Waals surface area contributed by atoms with E-state index in [0.717, 1.165) is 12.1 Å². The van der Waals surface area contributed by atoms with Gasteiger partial charge in [-0.2, -0.15) is 0 Å². The molecule has 1 aromatic rings. The molecule has 1 aromatic heterocycles. The standard InChI is InChI=1S/C12H16N2O3/c1-16-12(15)11-9-17-6-5-14(11)8-10-3-2-4-13-7-10/h2-4,7,11H,5-6,8-9H2,1H3. The van der Waals surface area contributed by atoms with Crippen LogP contribution in [0.5, 0.6) is 0 Å². The fourth-order valence-electron chi connectivity index (χ4n) is 1.91. The molecule has 0 N–H and O–H groups in total. The lowest BCUT2D eigenvalue weighted by Crippen LogP contribution is -2.49. The van der Waals surface area contributed by atoms with Crippen molar-refractivity contribution >= 4 is 5.97 Å². The van der Waals surface area contributed by atoms with Crippen LogP contribution in [0.4, 0.5) is 0 Å². The number of nitrogens with zero attached hydrogens (tertiary/aromatic N) is 2. The molecule has 1 fully saturated rings. The van der Waals surface area contributed by atoms with E-state index in [4.69, 9.17) is 9.47 Å². The van der Waals surface area contributed by atoms with Crippen molar-refractivity contribution in [3.05, 3.63) is 30.1 Å². The Morgan fingerprint density at radius 3 is 3.29 bits per heavy atom. The Kier molecular flexibility index (Phi) is 4.06. The van der Waals surface area contributed by atoms with E-state index in [1.54, 1.807) is 6.20 Å². The molecular formula is C12H16N2O3. The first-order valence-corrected chi connectivity index (χ1v) is 5.60. The molecule has 92 valence electrons. The molecule has 0 aliphatic carbocycles. The van der Waals surface area contributed by atoms with E-state index in [0.29, 0.717) is 19.8 Å². The van der Waals surface area contributed by atoms with E-state index in [1.807, 2.05) is 18.3 Å². The number of aromatic nitrogens is 1. The van der Waals surface area contributed by atoms with Crippen molar-refractivity contribution in [3.63, 3.8) is 0 Å². The number of pyridine rings is 1. The second kappa shape index (κ2) is 5.75. The van der Waals surface area contributed by atoms with E-state index in [9.17, 15) is 4.79 Å². The predicted molar refractivity (Wildman–Crippen MR) is 61.3 cm³/mol. The van der Waals surface area contributed by atoms with Crippen molar-refractivity contribution in [1.29, 1.82) is 0 Å². The molecule has 1 saturated heterocycles. The Morgan fingerprint density at radius 2 is 2.59 bits per heavy atom. The lowest BCUT2D eigenvalue weighted by atomic mass is 10.2. The molecule has 0 saturated carbocycles. The van der Waals surface area contributed by atoms with E-state index in [-0.39, 0.29) is 12.0 Å². The summed E-state index contributed by atoms with van der Waals surface area (Å²) in [6.45, 7) is 2.46. The van der Waals surface area contributed by atoms with Crippen LogP contribution in [0.15, 0.2) is 24.5 Å². The average molecular weight is 236 g/mol. The minimum Gasteiger partial charge on any atom is -0.468 e. The van der Waals surface area contributed by atoms with Crippen LogP contribution in [0.1, 0.15) is 5.56 Å². The third-order valence-electron chi connectivity index (χ3n) is 2.82. The summed E-state index contributed by atoms with van der Waals surface area (Å²) >= 11 is 0. The van der Waals surface area contributed by atoms with E-state index >= 15 is 0 Å². The molecular weight excluding hydrogens is 220 g/mol. The maximum Gasteiger partial charge on any atom is 0.325 e. The molecule has 0 radical (unpaired) electrons. The molecule has 0 bridgehead atoms. The third-order valence-corrected chi connectivity index (χ3v) is 2.82. The second-order valence-corrected chi connectivity index (χ2v) is 3.95. The number of morpholine rings is 1. The van der Waals surface area contributed by atoms with Gasteiger partial charge in [0.25, 0.3) is 0 Å².